The highest BCUT2D eigenvalue weighted by Gasteiger charge is 2.39. The van der Waals surface area contributed by atoms with Gasteiger partial charge in [-0.15, -0.1) is 0 Å². The Hall–Kier alpha value is -2.20. The minimum atomic E-state index is -0.447. The summed E-state index contributed by atoms with van der Waals surface area (Å²) in [6.07, 6.45) is -0.447. The van der Waals surface area contributed by atoms with Gasteiger partial charge in [0, 0.05) is 11.1 Å². The normalized spacial score (nSPS) is 20.3. The van der Waals surface area contributed by atoms with Crippen LogP contribution in [0.3, 0.4) is 0 Å². The molecule has 0 radical (unpaired) electrons. The molecule has 0 aliphatic carbocycles. The van der Waals surface area contributed by atoms with Crippen molar-refractivity contribution in [3.63, 3.8) is 0 Å². The van der Waals surface area contributed by atoms with Gasteiger partial charge in [-0.05, 0) is 32.0 Å². The maximum Gasteiger partial charge on any atom is 0.254 e. The summed E-state index contributed by atoms with van der Waals surface area (Å²) in [5.74, 6) is -0.357. The molecule has 1 amide bonds. The lowest BCUT2D eigenvalue weighted by Crippen LogP contribution is -2.56. The summed E-state index contributed by atoms with van der Waals surface area (Å²) in [5.41, 5.74) is 0.693. The molecule has 2 aromatic carbocycles. The molecule has 0 spiro atoms. The van der Waals surface area contributed by atoms with Gasteiger partial charge in [0.05, 0.1) is 18.7 Å². The maximum absolute atomic E-state index is 14.0. The van der Waals surface area contributed by atoms with Crippen LogP contribution in [0.2, 0.25) is 0 Å². The van der Waals surface area contributed by atoms with E-state index in [1.54, 1.807) is 35.2 Å². The standard InChI is InChI=1S/C19H20FNO2/c1-19(2)13-23-17(15-10-6-7-11-16(15)20)12-21(19)18(22)14-8-4-3-5-9-14/h3-11,17H,12-13H2,1-2H3. The Morgan fingerprint density at radius 3 is 2.48 bits per heavy atom. The molecule has 1 unspecified atom stereocenters. The number of rotatable bonds is 2. The van der Waals surface area contributed by atoms with Crippen molar-refractivity contribution in [2.45, 2.75) is 25.5 Å². The zero-order valence-electron chi connectivity index (χ0n) is 13.3. The molecule has 1 aliphatic heterocycles. The second-order valence-electron chi connectivity index (χ2n) is 6.42. The minimum Gasteiger partial charge on any atom is -0.369 e. The Morgan fingerprint density at radius 2 is 1.78 bits per heavy atom. The number of nitrogens with zero attached hydrogens (tertiary/aromatic N) is 1. The highest BCUT2D eigenvalue weighted by molar-refractivity contribution is 5.94. The van der Waals surface area contributed by atoms with E-state index in [9.17, 15) is 9.18 Å². The van der Waals surface area contributed by atoms with Gasteiger partial charge in [-0.1, -0.05) is 36.4 Å². The van der Waals surface area contributed by atoms with Gasteiger partial charge in [-0.3, -0.25) is 4.79 Å². The van der Waals surface area contributed by atoms with Crippen LogP contribution in [0, 0.1) is 5.82 Å². The number of amides is 1. The van der Waals surface area contributed by atoms with E-state index in [1.165, 1.54) is 6.07 Å². The first-order valence-corrected chi connectivity index (χ1v) is 7.72. The third-order valence-corrected chi connectivity index (χ3v) is 4.23. The van der Waals surface area contributed by atoms with Crippen LogP contribution in [0.5, 0.6) is 0 Å². The molecule has 3 nitrogen and oxygen atoms in total. The number of hydrogen-bond donors (Lipinski definition) is 0. The fourth-order valence-corrected chi connectivity index (χ4v) is 2.87. The van der Waals surface area contributed by atoms with Crippen LogP contribution in [0.1, 0.15) is 35.9 Å². The number of ether oxygens (including phenoxy) is 1. The Labute approximate surface area is 135 Å². The summed E-state index contributed by atoms with van der Waals surface area (Å²) in [6.45, 7) is 4.63. The van der Waals surface area contributed by atoms with Gasteiger partial charge in [0.15, 0.2) is 0 Å². The van der Waals surface area contributed by atoms with E-state index in [0.717, 1.165) is 0 Å². The maximum atomic E-state index is 14.0. The summed E-state index contributed by atoms with van der Waals surface area (Å²) in [5, 5.41) is 0. The third kappa shape index (κ3) is 3.13. The predicted molar refractivity (Wildman–Crippen MR) is 86.7 cm³/mol. The smallest absolute Gasteiger partial charge is 0.254 e. The molecule has 1 saturated heterocycles. The van der Waals surface area contributed by atoms with Crippen LogP contribution in [0.15, 0.2) is 54.6 Å². The zero-order valence-corrected chi connectivity index (χ0v) is 13.3. The lowest BCUT2D eigenvalue weighted by atomic mass is 9.96. The molecule has 0 aromatic heterocycles. The van der Waals surface area contributed by atoms with Crippen LogP contribution < -0.4 is 0 Å². The zero-order chi connectivity index (χ0) is 16.4. The Kier molecular flexibility index (Phi) is 4.18. The van der Waals surface area contributed by atoms with Crippen molar-refractivity contribution in [1.82, 2.24) is 4.90 Å². The summed E-state index contributed by atoms with van der Waals surface area (Å²) in [4.78, 5) is 14.6. The van der Waals surface area contributed by atoms with Crippen LogP contribution in [0.4, 0.5) is 4.39 Å². The average Bonchev–Trinajstić information content (AvgIpc) is 2.56. The highest BCUT2D eigenvalue weighted by atomic mass is 19.1. The third-order valence-electron chi connectivity index (χ3n) is 4.23. The van der Waals surface area contributed by atoms with Crippen molar-refractivity contribution < 1.29 is 13.9 Å². The molecule has 120 valence electrons. The van der Waals surface area contributed by atoms with E-state index in [4.69, 9.17) is 4.74 Å². The Morgan fingerprint density at radius 1 is 1.13 bits per heavy atom. The molecule has 1 fully saturated rings. The molecule has 1 aliphatic rings. The Bertz CT molecular complexity index is 700. The molecule has 0 saturated carbocycles. The van der Waals surface area contributed by atoms with Gasteiger partial charge in [0.1, 0.15) is 11.9 Å². The average molecular weight is 313 g/mol. The van der Waals surface area contributed by atoms with Gasteiger partial charge in [0.2, 0.25) is 0 Å². The van der Waals surface area contributed by atoms with Crippen molar-refractivity contribution in [3.05, 3.63) is 71.5 Å². The predicted octanol–water partition coefficient (Wildman–Crippen LogP) is 3.82. The fraction of sp³-hybridized carbons (Fsp3) is 0.316. The summed E-state index contributed by atoms with van der Waals surface area (Å²) in [6, 6.07) is 15.7. The second kappa shape index (κ2) is 6.13. The molecule has 1 heterocycles. The number of carbonyl (C=O) groups excluding carboxylic acids is 1. The minimum absolute atomic E-state index is 0.0553. The first-order chi connectivity index (χ1) is 11.0. The molecule has 2 aromatic rings. The van der Waals surface area contributed by atoms with E-state index >= 15 is 0 Å². The molecule has 0 bridgehead atoms. The molecule has 4 heteroatoms. The first-order valence-electron chi connectivity index (χ1n) is 7.72. The van der Waals surface area contributed by atoms with Gasteiger partial charge in [-0.25, -0.2) is 4.39 Å². The van der Waals surface area contributed by atoms with E-state index in [2.05, 4.69) is 0 Å². The molecular weight excluding hydrogens is 293 g/mol. The van der Waals surface area contributed by atoms with Crippen molar-refractivity contribution in [2.24, 2.45) is 0 Å². The van der Waals surface area contributed by atoms with Crippen LogP contribution >= 0.6 is 0 Å². The molecule has 0 N–H and O–H groups in total. The topological polar surface area (TPSA) is 29.5 Å². The summed E-state index contributed by atoms with van der Waals surface area (Å²) in [7, 11) is 0. The van der Waals surface area contributed by atoms with Crippen molar-refractivity contribution >= 4 is 5.91 Å². The van der Waals surface area contributed by atoms with Crippen LogP contribution in [-0.4, -0.2) is 29.5 Å². The molecule has 3 rings (SSSR count). The van der Waals surface area contributed by atoms with Crippen molar-refractivity contribution in [1.29, 1.82) is 0 Å². The molecule has 23 heavy (non-hydrogen) atoms. The second-order valence-corrected chi connectivity index (χ2v) is 6.42. The van der Waals surface area contributed by atoms with E-state index in [-0.39, 0.29) is 11.7 Å². The van der Waals surface area contributed by atoms with E-state index in [1.807, 2.05) is 32.0 Å². The van der Waals surface area contributed by atoms with E-state index < -0.39 is 11.6 Å². The number of halogens is 1. The SMILES string of the molecule is CC1(C)COC(c2ccccc2F)CN1C(=O)c1ccccc1. The summed E-state index contributed by atoms with van der Waals surface area (Å²) >= 11 is 0. The lowest BCUT2D eigenvalue weighted by molar-refractivity contribution is -0.0857. The summed E-state index contributed by atoms with van der Waals surface area (Å²) < 4.78 is 19.9. The number of benzene rings is 2. The Balaban J connectivity index is 1.88. The van der Waals surface area contributed by atoms with Crippen molar-refractivity contribution in [2.75, 3.05) is 13.2 Å². The van der Waals surface area contributed by atoms with Crippen LogP contribution in [0.25, 0.3) is 0 Å². The highest BCUT2D eigenvalue weighted by Crippen LogP contribution is 2.32. The molecule has 1 atom stereocenters. The van der Waals surface area contributed by atoms with Gasteiger partial charge in [-0.2, -0.15) is 0 Å². The lowest BCUT2D eigenvalue weighted by Gasteiger charge is -2.45. The largest absolute Gasteiger partial charge is 0.369 e. The number of carbonyl (C=O) groups is 1. The van der Waals surface area contributed by atoms with Crippen molar-refractivity contribution in [3.8, 4) is 0 Å². The monoisotopic (exact) mass is 313 g/mol. The number of hydrogen-bond acceptors (Lipinski definition) is 2. The quantitative estimate of drug-likeness (QED) is 0.843. The first kappa shape index (κ1) is 15.7. The number of morpholine rings is 1. The molecular formula is C19H20FNO2. The van der Waals surface area contributed by atoms with Gasteiger partial charge >= 0.3 is 0 Å². The van der Waals surface area contributed by atoms with Gasteiger partial charge < -0.3 is 9.64 Å². The fourth-order valence-electron chi connectivity index (χ4n) is 2.87. The van der Waals surface area contributed by atoms with Crippen LogP contribution in [-0.2, 0) is 4.74 Å². The van der Waals surface area contributed by atoms with Gasteiger partial charge in [0.25, 0.3) is 5.91 Å². The van der Waals surface area contributed by atoms with E-state index in [0.29, 0.717) is 24.3 Å².